The second kappa shape index (κ2) is 4.07. The average molecular weight is 234 g/mol. The van der Waals surface area contributed by atoms with Gasteiger partial charge in [0.25, 0.3) is 0 Å². The number of nitrogens with zero attached hydrogens (tertiary/aromatic N) is 2. The van der Waals surface area contributed by atoms with Gasteiger partial charge in [0, 0.05) is 18.7 Å². The lowest BCUT2D eigenvalue weighted by Crippen LogP contribution is -2.41. The molecule has 0 unspecified atom stereocenters. The Bertz CT molecular complexity index is 405. The Labute approximate surface area is 103 Å². The minimum Gasteiger partial charge on any atom is -0.403 e. The summed E-state index contributed by atoms with van der Waals surface area (Å²) in [5, 5.41) is 0. The molecule has 1 aliphatic heterocycles. The van der Waals surface area contributed by atoms with Crippen molar-refractivity contribution in [3.05, 3.63) is 23.8 Å². The van der Waals surface area contributed by atoms with Crippen LogP contribution in [-0.2, 0) is 15.6 Å². The Morgan fingerprint density at radius 2 is 1.71 bits per heavy atom. The first-order valence-electron chi connectivity index (χ1n) is 5.93. The van der Waals surface area contributed by atoms with Crippen molar-refractivity contribution >= 4 is 7.12 Å². The zero-order valence-corrected chi connectivity index (χ0v) is 11.2. The lowest BCUT2D eigenvalue weighted by Gasteiger charge is -2.32. The minimum atomic E-state index is -0.283. The first kappa shape index (κ1) is 12.5. The lowest BCUT2D eigenvalue weighted by atomic mass is 9.83. The largest absolute Gasteiger partial charge is 0.464 e. The summed E-state index contributed by atoms with van der Waals surface area (Å²) in [5.41, 5.74) is 1.26. The third-order valence-corrected chi connectivity index (χ3v) is 3.48. The van der Waals surface area contributed by atoms with E-state index < -0.39 is 0 Å². The summed E-state index contributed by atoms with van der Waals surface area (Å²) in [6.07, 6.45) is 4.15. The molecule has 0 spiro atoms. The highest BCUT2D eigenvalue weighted by Gasteiger charge is 2.50. The van der Waals surface area contributed by atoms with Gasteiger partial charge in [0.15, 0.2) is 0 Å². The number of rotatable bonds is 2. The van der Waals surface area contributed by atoms with Gasteiger partial charge in [0.1, 0.15) is 0 Å². The van der Waals surface area contributed by atoms with Crippen molar-refractivity contribution in [1.29, 1.82) is 0 Å². The SMILES string of the molecule is Cc1cncc(CB2OC(C)(C)C(C)(C)O2)n1. The van der Waals surface area contributed by atoms with Gasteiger partial charge in [0.05, 0.1) is 22.6 Å². The van der Waals surface area contributed by atoms with Crippen molar-refractivity contribution in [3.8, 4) is 0 Å². The van der Waals surface area contributed by atoms with Crippen molar-refractivity contribution in [1.82, 2.24) is 9.97 Å². The van der Waals surface area contributed by atoms with Crippen LogP contribution in [0.3, 0.4) is 0 Å². The number of hydrogen-bond donors (Lipinski definition) is 0. The van der Waals surface area contributed by atoms with Gasteiger partial charge in [-0.2, -0.15) is 0 Å². The summed E-state index contributed by atoms with van der Waals surface area (Å²) >= 11 is 0. The summed E-state index contributed by atoms with van der Waals surface area (Å²) < 4.78 is 11.8. The van der Waals surface area contributed by atoms with Crippen LogP contribution in [0.25, 0.3) is 0 Å². The van der Waals surface area contributed by atoms with E-state index in [4.69, 9.17) is 9.31 Å². The first-order valence-corrected chi connectivity index (χ1v) is 5.93. The Hall–Kier alpha value is -0.935. The summed E-state index contributed by atoms with van der Waals surface area (Å²) in [5.74, 6) is 0. The van der Waals surface area contributed by atoms with Crippen LogP contribution in [0, 0.1) is 6.92 Å². The molecular formula is C12H19BN2O2. The first-order chi connectivity index (χ1) is 7.80. The van der Waals surface area contributed by atoms with Crippen LogP contribution in [-0.4, -0.2) is 28.3 Å². The highest BCUT2D eigenvalue weighted by atomic mass is 16.7. The van der Waals surface area contributed by atoms with Crippen LogP contribution in [0.1, 0.15) is 39.1 Å². The minimum absolute atomic E-state index is 0.240. The topological polar surface area (TPSA) is 44.2 Å². The molecule has 17 heavy (non-hydrogen) atoms. The van der Waals surface area contributed by atoms with Gasteiger partial charge >= 0.3 is 7.12 Å². The Kier molecular flexibility index (Phi) is 3.00. The average Bonchev–Trinajstić information content (AvgIpc) is 2.34. The molecule has 1 aromatic rings. The van der Waals surface area contributed by atoms with Crippen LogP contribution in [0.4, 0.5) is 0 Å². The molecule has 0 aliphatic carbocycles. The Morgan fingerprint density at radius 3 is 2.24 bits per heavy atom. The molecule has 0 amide bonds. The van der Waals surface area contributed by atoms with Gasteiger partial charge in [-0.3, -0.25) is 9.97 Å². The molecule has 0 saturated carbocycles. The maximum Gasteiger partial charge on any atom is 0.464 e. The molecule has 92 valence electrons. The van der Waals surface area contributed by atoms with Gasteiger partial charge in [-0.15, -0.1) is 0 Å². The molecule has 0 atom stereocenters. The van der Waals surface area contributed by atoms with Crippen LogP contribution in [0.15, 0.2) is 12.4 Å². The van der Waals surface area contributed by atoms with E-state index >= 15 is 0 Å². The van der Waals surface area contributed by atoms with Crippen LogP contribution in [0.5, 0.6) is 0 Å². The third-order valence-electron chi connectivity index (χ3n) is 3.48. The smallest absolute Gasteiger partial charge is 0.403 e. The predicted octanol–water partition coefficient (Wildman–Crippen LogP) is 1.96. The molecule has 4 nitrogen and oxygen atoms in total. The molecule has 0 radical (unpaired) electrons. The molecule has 1 saturated heterocycles. The normalized spacial score (nSPS) is 21.8. The fourth-order valence-electron chi connectivity index (χ4n) is 1.83. The molecule has 1 aromatic heterocycles. The van der Waals surface area contributed by atoms with E-state index in [0.29, 0.717) is 6.32 Å². The summed E-state index contributed by atoms with van der Waals surface area (Å²) in [7, 11) is -0.240. The highest BCUT2D eigenvalue weighted by Crippen LogP contribution is 2.37. The van der Waals surface area contributed by atoms with Crippen LogP contribution < -0.4 is 0 Å². The maximum atomic E-state index is 5.92. The van der Waals surface area contributed by atoms with Crippen molar-refractivity contribution in [2.24, 2.45) is 0 Å². The van der Waals surface area contributed by atoms with E-state index in [9.17, 15) is 0 Å². The number of hydrogen-bond acceptors (Lipinski definition) is 4. The Balaban J connectivity index is 2.08. The fourth-order valence-corrected chi connectivity index (χ4v) is 1.83. The Morgan fingerprint density at radius 1 is 1.12 bits per heavy atom. The molecule has 0 aromatic carbocycles. The molecule has 1 aliphatic rings. The van der Waals surface area contributed by atoms with Gasteiger partial charge in [-0.25, -0.2) is 0 Å². The van der Waals surface area contributed by atoms with Crippen LogP contribution in [0.2, 0.25) is 0 Å². The second-order valence-electron chi connectivity index (χ2n) is 5.54. The van der Waals surface area contributed by atoms with Crippen molar-refractivity contribution in [2.75, 3.05) is 0 Å². The molecule has 0 bridgehead atoms. The third kappa shape index (κ3) is 2.50. The van der Waals surface area contributed by atoms with Gasteiger partial charge in [0.2, 0.25) is 0 Å². The van der Waals surface area contributed by atoms with E-state index in [2.05, 4.69) is 37.7 Å². The number of aryl methyl sites for hydroxylation is 1. The van der Waals surface area contributed by atoms with E-state index in [0.717, 1.165) is 11.4 Å². The van der Waals surface area contributed by atoms with E-state index in [1.807, 2.05) is 6.92 Å². The second-order valence-corrected chi connectivity index (χ2v) is 5.54. The van der Waals surface area contributed by atoms with Crippen molar-refractivity contribution in [2.45, 2.75) is 52.1 Å². The van der Waals surface area contributed by atoms with E-state index in [1.165, 1.54) is 0 Å². The zero-order chi connectivity index (χ0) is 12.7. The lowest BCUT2D eigenvalue weighted by molar-refractivity contribution is 0.00578. The summed E-state index contributed by atoms with van der Waals surface area (Å²) in [6.45, 7) is 10.1. The van der Waals surface area contributed by atoms with E-state index in [-0.39, 0.29) is 18.3 Å². The van der Waals surface area contributed by atoms with Crippen LogP contribution >= 0.6 is 0 Å². The van der Waals surface area contributed by atoms with Crippen molar-refractivity contribution < 1.29 is 9.31 Å². The molecule has 0 N–H and O–H groups in total. The van der Waals surface area contributed by atoms with Gasteiger partial charge < -0.3 is 9.31 Å². The van der Waals surface area contributed by atoms with Gasteiger partial charge in [-0.1, -0.05) is 0 Å². The predicted molar refractivity (Wildman–Crippen MR) is 66.6 cm³/mol. The standard InChI is InChI=1S/C12H19BN2O2/c1-9-7-14-8-10(15-9)6-13-16-11(2,3)12(4,5)17-13/h7-8H,6H2,1-5H3. The van der Waals surface area contributed by atoms with Gasteiger partial charge in [-0.05, 0) is 34.6 Å². The summed E-state index contributed by atoms with van der Waals surface area (Å²) in [4.78, 5) is 8.54. The zero-order valence-electron chi connectivity index (χ0n) is 11.2. The fraction of sp³-hybridized carbons (Fsp3) is 0.667. The highest BCUT2D eigenvalue weighted by molar-refractivity contribution is 6.44. The van der Waals surface area contributed by atoms with Crippen molar-refractivity contribution in [3.63, 3.8) is 0 Å². The van der Waals surface area contributed by atoms with E-state index in [1.54, 1.807) is 12.4 Å². The molecule has 2 heterocycles. The quantitative estimate of drug-likeness (QED) is 0.733. The molecule has 5 heteroatoms. The number of aromatic nitrogens is 2. The molecular weight excluding hydrogens is 215 g/mol. The monoisotopic (exact) mass is 234 g/mol. The molecule has 2 rings (SSSR count). The molecule has 1 fully saturated rings. The maximum absolute atomic E-state index is 5.92. The summed E-state index contributed by atoms with van der Waals surface area (Å²) in [6, 6.07) is 0.